The molecule has 0 unspecified atom stereocenters. The van der Waals surface area contributed by atoms with E-state index in [0.717, 1.165) is 18.9 Å². The molecule has 33 heavy (non-hydrogen) atoms. The van der Waals surface area contributed by atoms with Crippen LogP contribution in [0.2, 0.25) is 0 Å². The second-order valence-electron chi connectivity index (χ2n) is 7.22. The molecule has 0 aromatic carbocycles. The maximum atomic E-state index is 12.2. The number of nitrogens with zero attached hydrogens (tertiary/aromatic N) is 5. The molecule has 11 nitrogen and oxygen atoms in total. The lowest BCUT2D eigenvalue weighted by atomic mass is 9.93. The Bertz CT molecular complexity index is 964. The van der Waals surface area contributed by atoms with Crippen molar-refractivity contribution in [3.05, 3.63) is 36.7 Å². The van der Waals surface area contributed by atoms with E-state index in [-0.39, 0.29) is 17.9 Å². The lowest BCUT2D eigenvalue weighted by molar-refractivity contribution is -0.192. The number of nitrogens with one attached hydrogen (secondary N) is 1. The molecule has 0 saturated carbocycles. The Morgan fingerprint density at radius 2 is 2.03 bits per heavy atom. The summed E-state index contributed by atoms with van der Waals surface area (Å²) in [5, 5.41) is 10.1. The molecule has 2 aliphatic rings. The van der Waals surface area contributed by atoms with Crippen LogP contribution in [0.25, 0.3) is 0 Å². The normalized spacial score (nSPS) is 21.6. The Morgan fingerprint density at radius 3 is 2.67 bits per heavy atom. The smallest absolute Gasteiger partial charge is 0.481 e. The van der Waals surface area contributed by atoms with Gasteiger partial charge in [-0.1, -0.05) is 0 Å². The van der Waals surface area contributed by atoms with E-state index in [0.29, 0.717) is 30.6 Å². The quantitative estimate of drug-likeness (QED) is 0.645. The number of aliphatic carboxylic acids is 1. The van der Waals surface area contributed by atoms with Crippen LogP contribution in [-0.4, -0.2) is 82.6 Å². The Labute approximate surface area is 186 Å². The van der Waals surface area contributed by atoms with Crippen LogP contribution in [0.3, 0.4) is 0 Å². The van der Waals surface area contributed by atoms with E-state index in [2.05, 4.69) is 30.2 Å². The summed E-state index contributed by atoms with van der Waals surface area (Å²) in [5.41, 5.74) is 0.323. The van der Waals surface area contributed by atoms with Crippen molar-refractivity contribution < 1.29 is 37.3 Å². The Morgan fingerprint density at radius 1 is 1.27 bits per heavy atom. The van der Waals surface area contributed by atoms with Gasteiger partial charge in [0, 0.05) is 49.9 Å². The summed E-state index contributed by atoms with van der Waals surface area (Å²) in [5.74, 6) is -0.991. The predicted molar refractivity (Wildman–Crippen MR) is 106 cm³/mol. The zero-order valence-corrected chi connectivity index (χ0v) is 17.4. The highest BCUT2D eigenvalue weighted by molar-refractivity contribution is 5.91. The first-order valence-electron chi connectivity index (χ1n) is 9.76. The van der Waals surface area contributed by atoms with Gasteiger partial charge in [-0.05, 0) is 0 Å². The molecular weight excluding hydrogens is 449 g/mol. The molecule has 0 radical (unpaired) electrons. The van der Waals surface area contributed by atoms with E-state index in [9.17, 15) is 18.0 Å². The summed E-state index contributed by atoms with van der Waals surface area (Å²) in [4.78, 5) is 39.5. The topological polar surface area (TPSA) is 140 Å². The first-order valence-corrected chi connectivity index (χ1v) is 9.76. The number of alkyl halides is 3. The summed E-state index contributed by atoms with van der Waals surface area (Å²) in [6, 6.07) is 1.83. The molecule has 4 heterocycles. The number of fused-ring (bicyclic) bond motifs is 1. The highest BCUT2D eigenvalue weighted by Gasteiger charge is 2.44. The van der Waals surface area contributed by atoms with E-state index >= 15 is 0 Å². The molecule has 0 spiro atoms. The minimum atomic E-state index is -5.08. The van der Waals surface area contributed by atoms with E-state index in [4.69, 9.17) is 19.4 Å². The minimum Gasteiger partial charge on any atom is -0.481 e. The number of carbonyl (C=O) groups excluding carboxylic acids is 1. The number of anilines is 1. The largest absolute Gasteiger partial charge is 0.490 e. The maximum Gasteiger partial charge on any atom is 0.490 e. The molecule has 1 amide bonds. The zero-order chi connectivity index (χ0) is 24.0. The van der Waals surface area contributed by atoms with E-state index in [1.807, 2.05) is 6.07 Å². The van der Waals surface area contributed by atoms with Gasteiger partial charge in [-0.3, -0.25) is 9.78 Å². The molecule has 14 heteroatoms. The van der Waals surface area contributed by atoms with Crippen LogP contribution in [0.5, 0.6) is 5.88 Å². The summed E-state index contributed by atoms with van der Waals surface area (Å²) >= 11 is 0. The molecule has 0 bridgehead atoms. The van der Waals surface area contributed by atoms with Crippen molar-refractivity contribution in [2.24, 2.45) is 11.8 Å². The van der Waals surface area contributed by atoms with Crippen molar-refractivity contribution in [2.45, 2.75) is 12.3 Å². The highest BCUT2D eigenvalue weighted by Crippen LogP contribution is 2.35. The van der Waals surface area contributed by atoms with E-state index in [1.165, 1.54) is 18.7 Å². The van der Waals surface area contributed by atoms with Gasteiger partial charge in [-0.15, -0.1) is 0 Å². The Balaban J connectivity index is 0.000000383. The van der Waals surface area contributed by atoms with E-state index in [1.54, 1.807) is 13.3 Å². The number of ether oxygens (including phenoxy) is 2. The lowest BCUT2D eigenvalue weighted by Crippen LogP contribution is -2.34. The molecular formula is C19H21F3N6O5. The van der Waals surface area contributed by atoms with Gasteiger partial charge in [0.2, 0.25) is 5.88 Å². The summed E-state index contributed by atoms with van der Waals surface area (Å²) in [6.07, 6.45) is 1.08. The molecule has 2 N–H and O–H groups in total. The SMILES string of the molecule is COc1cc(N2C[C@@H]3[C@H](CNC(=O)c4cnccn4)CO[C@@H]3C2)ncn1.O=C(O)C(F)(F)F. The van der Waals surface area contributed by atoms with Crippen LogP contribution in [0.4, 0.5) is 19.0 Å². The number of carboxylic acid groups (broad SMARTS) is 1. The highest BCUT2D eigenvalue weighted by atomic mass is 19.4. The number of rotatable bonds is 5. The number of halogens is 3. The molecule has 0 aliphatic carbocycles. The van der Waals surface area contributed by atoms with Crippen molar-refractivity contribution in [1.82, 2.24) is 25.3 Å². The van der Waals surface area contributed by atoms with Crippen LogP contribution >= 0.6 is 0 Å². The number of hydrogen-bond acceptors (Lipinski definition) is 9. The Kier molecular flexibility index (Phi) is 7.58. The second-order valence-corrected chi connectivity index (χ2v) is 7.22. The van der Waals surface area contributed by atoms with Crippen molar-refractivity contribution in [2.75, 3.05) is 38.3 Å². The van der Waals surface area contributed by atoms with Crippen LogP contribution in [-0.2, 0) is 9.53 Å². The van der Waals surface area contributed by atoms with Gasteiger partial charge >= 0.3 is 12.1 Å². The van der Waals surface area contributed by atoms with Crippen LogP contribution in [0.1, 0.15) is 10.5 Å². The molecule has 2 aromatic heterocycles. The first-order chi connectivity index (χ1) is 15.7. The second kappa shape index (κ2) is 10.4. The average Bonchev–Trinajstić information content (AvgIpc) is 3.39. The standard InChI is InChI=1S/C17H20N6O3.C2HF3O2/c1-25-16-4-15(21-10-22-16)23-7-12-11(9-26-14(12)8-23)5-20-17(24)13-6-18-2-3-19-13;3-2(4,5)1(6)7/h2-4,6,10-12,14H,5,7-9H2,1H3,(H,20,24);(H,6,7)/t11-,12-,14-;/m1./s1. The summed E-state index contributed by atoms with van der Waals surface area (Å²) in [7, 11) is 1.59. The molecule has 3 atom stereocenters. The number of methoxy groups -OCH3 is 1. The van der Waals surface area contributed by atoms with Gasteiger partial charge in [0.05, 0.1) is 26.0 Å². The van der Waals surface area contributed by atoms with Crippen LogP contribution in [0, 0.1) is 11.8 Å². The van der Waals surface area contributed by atoms with Crippen molar-refractivity contribution in [1.29, 1.82) is 0 Å². The fraction of sp³-hybridized carbons (Fsp3) is 0.474. The molecule has 2 aliphatic heterocycles. The van der Waals surface area contributed by atoms with Crippen LogP contribution in [0.15, 0.2) is 31.0 Å². The molecule has 2 saturated heterocycles. The van der Waals surface area contributed by atoms with Crippen molar-refractivity contribution in [3.8, 4) is 5.88 Å². The third-order valence-electron chi connectivity index (χ3n) is 5.16. The predicted octanol–water partition coefficient (Wildman–Crippen LogP) is 0.790. The third-order valence-corrected chi connectivity index (χ3v) is 5.16. The first kappa shape index (κ1) is 24.1. The lowest BCUT2D eigenvalue weighted by Gasteiger charge is -2.21. The molecule has 2 fully saturated rings. The number of hydrogen-bond donors (Lipinski definition) is 2. The van der Waals surface area contributed by atoms with Gasteiger partial charge < -0.3 is 24.8 Å². The van der Waals surface area contributed by atoms with Crippen LogP contribution < -0.4 is 15.0 Å². The number of carbonyl (C=O) groups is 2. The summed E-state index contributed by atoms with van der Waals surface area (Å²) < 4.78 is 42.8. The fourth-order valence-corrected chi connectivity index (χ4v) is 3.54. The van der Waals surface area contributed by atoms with E-state index < -0.39 is 12.1 Å². The Hall–Kier alpha value is -3.55. The van der Waals surface area contributed by atoms with Crippen molar-refractivity contribution >= 4 is 17.7 Å². The zero-order valence-electron chi connectivity index (χ0n) is 17.4. The third kappa shape index (κ3) is 6.25. The minimum absolute atomic E-state index is 0.148. The molecule has 178 valence electrons. The van der Waals surface area contributed by atoms with Gasteiger partial charge in [-0.25, -0.2) is 19.7 Å². The van der Waals surface area contributed by atoms with Gasteiger partial charge in [0.1, 0.15) is 17.8 Å². The fourth-order valence-electron chi connectivity index (χ4n) is 3.54. The monoisotopic (exact) mass is 470 g/mol. The molecule has 4 rings (SSSR count). The van der Waals surface area contributed by atoms with Gasteiger partial charge in [0.15, 0.2) is 0 Å². The molecule has 2 aromatic rings. The number of carboxylic acids is 1. The van der Waals surface area contributed by atoms with Crippen molar-refractivity contribution in [3.63, 3.8) is 0 Å². The van der Waals surface area contributed by atoms with Gasteiger partial charge in [0.25, 0.3) is 5.91 Å². The number of aromatic nitrogens is 4. The average molecular weight is 470 g/mol. The summed E-state index contributed by atoms with van der Waals surface area (Å²) in [6.45, 7) is 2.81. The maximum absolute atomic E-state index is 12.2. The van der Waals surface area contributed by atoms with Gasteiger partial charge in [-0.2, -0.15) is 13.2 Å². The number of amides is 1.